The van der Waals surface area contributed by atoms with Gasteiger partial charge in [-0.3, -0.25) is 24.7 Å². The molecule has 0 bridgehead atoms. The fourth-order valence-electron chi connectivity index (χ4n) is 1.90. The van der Waals surface area contributed by atoms with E-state index in [-0.39, 0.29) is 30.8 Å². The number of amidine groups is 1. The highest BCUT2D eigenvalue weighted by molar-refractivity contribution is 5.99. The van der Waals surface area contributed by atoms with Crippen LogP contribution in [0.1, 0.15) is 23.2 Å². The molecule has 2 amide bonds. The van der Waals surface area contributed by atoms with Crippen LogP contribution < -0.4 is 16.8 Å². The number of carbonyl (C=O) groups excluding carboxylic acids is 2. The average Bonchev–Trinajstić information content (AvgIpc) is 2.56. The third-order valence-corrected chi connectivity index (χ3v) is 3.19. The molecule has 1 aromatic carbocycles. The van der Waals surface area contributed by atoms with E-state index in [9.17, 15) is 29.2 Å². The number of nitrogens with zero attached hydrogens (tertiary/aromatic N) is 2. The number of hydrogen-bond donors (Lipinski definition) is 4. The number of amides is 2. The van der Waals surface area contributed by atoms with Gasteiger partial charge in [0.25, 0.3) is 11.6 Å². The number of benzene rings is 1. The van der Waals surface area contributed by atoms with Crippen LogP contribution in [0.3, 0.4) is 0 Å². The Kier molecular flexibility index (Phi) is 7.25. The van der Waals surface area contributed by atoms with Gasteiger partial charge in [0.05, 0.1) is 10.5 Å². The van der Waals surface area contributed by atoms with Gasteiger partial charge in [0, 0.05) is 18.7 Å². The van der Waals surface area contributed by atoms with Crippen molar-refractivity contribution >= 4 is 23.3 Å². The van der Waals surface area contributed by atoms with Gasteiger partial charge in [0.2, 0.25) is 5.91 Å². The first kappa shape index (κ1) is 19.8. The minimum atomic E-state index is -1.09. The lowest BCUT2D eigenvalue weighted by Gasteiger charge is -2.15. The number of nitro benzene ring substituents is 1. The summed E-state index contributed by atoms with van der Waals surface area (Å²) in [5, 5.41) is 22.7. The number of carbonyl (C=O) groups is 2. The molecule has 0 fully saturated rings. The van der Waals surface area contributed by atoms with E-state index in [1.54, 1.807) is 0 Å². The molecule has 0 radical (unpaired) electrons. The van der Waals surface area contributed by atoms with Crippen LogP contribution in [0.2, 0.25) is 0 Å². The van der Waals surface area contributed by atoms with Gasteiger partial charge in [-0.25, -0.2) is 4.39 Å². The van der Waals surface area contributed by atoms with Crippen molar-refractivity contribution in [2.75, 3.05) is 13.2 Å². The molecule has 0 saturated heterocycles. The number of rotatable bonds is 9. The molecule has 0 aromatic heterocycles. The maximum atomic E-state index is 12.1. The van der Waals surface area contributed by atoms with E-state index in [4.69, 9.17) is 11.5 Å². The van der Waals surface area contributed by atoms with Crippen molar-refractivity contribution < 1.29 is 24.0 Å². The summed E-state index contributed by atoms with van der Waals surface area (Å²) in [5.74, 6) is -2.38. The Bertz CT molecular complexity index is 694. The number of alkyl halides is 1. The monoisotopic (exact) mass is 355 g/mol. The number of hydrogen-bond acceptors (Lipinski definition) is 6. The Hall–Kier alpha value is -3.24. The number of primary amides is 1. The summed E-state index contributed by atoms with van der Waals surface area (Å²) >= 11 is 0. The molecule has 25 heavy (non-hydrogen) atoms. The summed E-state index contributed by atoms with van der Waals surface area (Å²) in [4.78, 5) is 37.3. The number of aliphatic imine (C=N–C) groups is 1. The van der Waals surface area contributed by atoms with E-state index in [1.807, 2.05) is 0 Å². The van der Waals surface area contributed by atoms with Gasteiger partial charge >= 0.3 is 0 Å². The maximum absolute atomic E-state index is 12.1. The molecule has 11 heteroatoms. The topological polar surface area (TPSA) is 174 Å². The molecular formula is C14H18FN5O5. The molecule has 136 valence electrons. The Morgan fingerprint density at radius 3 is 2.64 bits per heavy atom. The van der Waals surface area contributed by atoms with E-state index in [1.165, 1.54) is 0 Å². The number of phenolic OH excluding ortho intramolecular Hbond substituents is 1. The lowest BCUT2D eigenvalue weighted by molar-refractivity contribution is -0.384. The summed E-state index contributed by atoms with van der Waals surface area (Å²) < 4.78 is 12.1. The van der Waals surface area contributed by atoms with Crippen LogP contribution in [-0.2, 0) is 4.79 Å². The molecule has 0 aliphatic heterocycles. The second-order valence-electron chi connectivity index (χ2n) is 5.04. The van der Waals surface area contributed by atoms with Crippen molar-refractivity contribution in [1.82, 2.24) is 5.32 Å². The molecule has 0 aliphatic carbocycles. The molecule has 1 atom stereocenters. The summed E-state index contributed by atoms with van der Waals surface area (Å²) in [6, 6.07) is 1.83. The van der Waals surface area contributed by atoms with E-state index < -0.39 is 40.9 Å². The fraction of sp³-hybridized carbons (Fsp3) is 0.357. The van der Waals surface area contributed by atoms with Gasteiger partial charge in [-0.05, 0) is 18.9 Å². The number of nitrogens with one attached hydrogen (secondary N) is 1. The Balaban J connectivity index is 2.78. The average molecular weight is 355 g/mol. The minimum Gasteiger partial charge on any atom is -0.507 e. The molecule has 1 aromatic rings. The van der Waals surface area contributed by atoms with Crippen molar-refractivity contribution in [1.29, 1.82) is 0 Å². The van der Waals surface area contributed by atoms with Crippen molar-refractivity contribution in [2.24, 2.45) is 16.5 Å². The van der Waals surface area contributed by atoms with Crippen LogP contribution in [-0.4, -0.2) is 46.9 Å². The maximum Gasteiger partial charge on any atom is 0.270 e. The lowest BCUT2D eigenvalue weighted by atomic mass is 10.1. The highest BCUT2D eigenvalue weighted by atomic mass is 19.1. The van der Waals surface area contributed by atoms with E-state index in [0.717, 1.165) is 18.2 Å². The predicted octanol–water partition coefficient (Wildman–Crippen LogP) is -0.00900. The fourth-order valence-corrected chi connectivity index (χ4v) is 1.90. The zero-order valence-corrected chi connectivity index (χ0v) is 13.1. The molecule has 0 unspecified atom stereocenters. The van der Waals surface area contributed by atoms with Gasteiger partial charge < -0.3 is 21.9 Å². The summed E-state index contributed by atoms with van der Waals surface area (Å²) in [6.07, 6.45) is 0.384. The lowest BCUT2D eigenvalue weighted by Crippen LogP contribution is -2.44. The highest BCUT2D eigenvalue weighted by Crippen LogP contribution is 2.23. The summed E-state index contributed by atoms with van der Waals surface area (Å²) in [7, 11) is 0. The standard InChI is InChI=1S/C14H18FN5O5/c15-7-12(16)18-5-1-2-10(13(17)22)19-14(23)9-6-8(20(24)25)3-4-11(9)21/h3-4,6,10,21H,1-2,5,7H2,(H2,16,18)(H2,17,22)(H,19,23)/t10-/m0/s1. The molecular weight excluding hydrogens is 337 g/mol. The number of nitro groups is 1. The second kappa shape index (κ2) is 9.15. The smallest absolute Gasteiger partial charge is 0.270 e. The van der Waals surface area contributed by atoms with Crippen molar-refractivity contribution in [3.05, 3.63) is 33.9 Å². The Morgan fingerprint density at radius 1 is 1.40 bits per heavy atom. The van der Waals surface area contributed by atoms with Crippen molar-refractivity contribution in [3.63, 3.8) is 0 Å². The molecule has 0 aliphatic rings. The van der Waals surface area contributed by atoms with Gasteiger partial charge in [0.1, 0.15) is 24.3 Å². The predicted molar refractivity (Wildman–Crippen MR) is 86.9 cm³/mol. The van der Waals surface area contributed by atoms with Crippen LogP contribution in [0.4, 0.5) is 10.1 Å². The SMILES string of the molecule is NC(=O)[C@H](CCCN=C(N)CF)NC(=O)c1cc([N+](=O)[O-])ccc1O. The number of phenols is 1. The molecule has 1 rings (SSSR count). The van der Waals surface area contributed by atoms with E-state index in [0.29, 0.717) is 0 Å². The van der Waals surface area contributed by atoms with E-state index >= 15 is 0 Å². The molecule has 0 spiro atoms. The minimum absolute atomic E-state index is 0.0971. The molecule has 6 N–H and O–H groups in total. The van der Waals surface area contributed by atoms with Crippen LogP contribution in [0, 0.1) is 10.1 Å². The van der Waals surface area contributed by atoms with Gasteiger partial charge in [-0.15, -0.1) is 0 Å². The summed E-state index contributed by atoms with van der Waals surface area (Å²) in [6.45, 7) is -0.750. The Labute approximate surface area is 141 Å². The van der Waals surface area contributed by atoms with Crippen molar-refractivity contribution in [3.8, 4) is 5.75 Å². The zero-order valence-electron chi connectivity index (χ0n) is 13.1. The number of aromatic hydroxyl groups is 1. The highest BCUT2D eigenvalue weighted by Gasteiger charge is 2.22. The summed E-state index contributed by atoms with van der Waals surface area (Å²) in [5.41, 5.74) is 9.64. The molecule has 10 nitrogen and oxygen atoms in total. The van der Waals surface area contributed by atoms with E-state index in [2.05, 4.69) is 10.3 Å². The van der Waals surface area contributed by atoms with Crippen molar-refractivity contribution in [2.45, 2.75) is 18.9 Å². The van der Waals surface area contributed by atoms with Crippen LogP contribution >= 0.6 is 0 Å². The molecule has 0 heterocycles. The zero-order chi connectivity index (χ0) is 19.0. The van der Waals surface area contributed by atoms with Crippen LogP contribution in [0.5, 0.6) is 5.75 Å². The molecule has 0 saturated carbocycles. The van der Waals surface area contributed by atoms with Gasteiger partial charge in [-0.2, -0.15) is 0 Å². The number of halogens is 1. The largest absolute Gasteiger partial charge is 0.507 e. The first-order chi connectivity index (χ1) is 11.8. The first-order valence-corrected chi connectivity index (χ1v) is 7.18. The van der Waals surface area contributed by atoms with Crippen LogP contribution in [0.15, 0.2) is 23.2 Å². The van der Waals surface area contributed by atoms with Gasteiger partial charge in [-0.1, -0.05) is 0 Å². The quantitative estimate of drug-likeness (QED) is 0.159. The third-order valence-electron chi connectivity index (χ3n) is 3.19. The Morgan fingerprint density at radius 2 is 2.08 bits per heavy atom. The second-order valence-corrected chi connectivity index (χ2v) is 5.04. The van der Waals surface area contributed by atoms with Gasteiger partial charge in [0.15, 0.2) is 0 Å². The number of non-ortho nitro benzene ring substituents is 1. The first-order valence-electron chi connectivity index (χ1n) is 7.18. The third kappa shape index (κ3) is 6.05. The normalized spacial score (nSPS) is 12.4. The number of nitrogens with two attached hydrogens (primary N) is 2. The van der Waals surface area contributed by atoms with Crippen LogP contribution in [0.25, 0.3) is 0 Å².